The van der Waals surface area contributed by atoms with Gasteiger partial charge in [-0.05, 0) is 49.7 Å². The summed E-state index contributed by atoms with van der Waals surface area (Å²) in [7, 11) is 0. The number of nitrogens with zero attached hydrogens (tertiary/aromatic N) is 4. The van der Waals surface area contributed by atoms with Gasteiger partial charge >= 0.3 is 0 Å². The van der Waals surface area contributed by atoms with Crippen molar-refractivity contribution in [2.45, 2.75) is 102 Å². The van der Waals surface area contributed by atoms with E-state index in [1.807, 2.05) is 0 Å². The maximum absolute atomic E-state index is 13.8. The Hall–Kier alpha value is -6.54. The number of fused-ring (bicyclic) bond motifs is 8. The van der Waals surface area contributed by atoms with E-state index in [4.69, 9.17) is 9.47 Å². The molecule has 3 saturated carbocycles. The molecule has 340 valence electrons. The SMILES string of the molecule is CC1CC23C[C@H]2N2C(=O)c4c(O)c(=O)c(C(=O)NCc5ccc(F)cc5F)cn4C[C@H]2O[C@H]13.CC1C[C@@H]2C[C@H]1O[C@H]1Cn3cc(C(=O)NCc4ccc(F)cc4F)c(=O)c(O)c3C(=O)N21. The Morgan fingerprint density at radius 1 is 0.708 bits per heavy atom. The second-order valence-corrected chi connectivity index (χ2v) is 18.1. The van der Waals surface area contributed by atoms with Crippen LogP contribution >= 0.6 is 0 Å². The van der Waals surface area contributed by atoms with Gasteiger partial charge in [0.15, 0.2) is 35.3 Å². The van der Waals surface area contributed by atoms with Crippen LogP contribution in [0, 0.1) is 40.5 Å². The summed E-state index contributed by atoms with van der Waals surface area (Å²) in [6.45, 7) is 3.96. The maximum Gasteiger partial charge on any atom is 0.276 e. The molecule has 4 N–H and O–H groups in total. The van der Waals surface area contributed by atoms with Crippen LogP contribution in [0.1, 0.15) is 92.4 Å². The van der Waals surface area contributed by atoms with Gasteiger partial charge < -0.3 is 49.3 Å². The van der Waals surface area contributed by atoms with Crippen LogP contribution in [0.4, 0.5) is 17.6 Å². The number of ether oxygens (including phenoxy) is 2. The third-order valence-electron chi connectivity index (χ3n) is 14.1. The second kappa shape index (κ2) is 15.3. The van der Waals surface area contributed by atoms with Crippen LogP contribution in [0.5, 0.6) is 11.5 Å². The summed E-state index contributed by atoms with van der Waals surface area (Å²) in [6.07, 6.45) is 4.84. The van der Waals surface area contributed by atoms with Gasteiger partial charge in [-0.15, -0.1) is 0 Å². The zero-order valence-corrected chi connectivity index (χ0v) is 34.9. The Bertz CT molecular complexity index is 2870. The highest BCUT2D eigenvalue weighted by atomic mass is 19.1. The number of amides is 4. The molecule has 2 aromatic heterocycles. The first-order chi connectivity index (χ1) is 30.9. The van der Waals surface area contributed by atoms with Crippen molar-refractivity contribution < 1.29 is 56.4 Å². The molecule has 1 spiro atoms. The molecule has 4 amide bonds. The number of rotatable bonds is 6. The molecule has 4 aromatic rings. The Morgan fingerprint density at radius 3 is 1.72 bits per heavy atom. The number of aromatic hydroxyl groups is 2. The summed E-state index contributed by atoms with van der Waals surface area (Å²) in [6, 6.07) is 5.90. The minimum Gasteiger partial charge on any atom is -0.503 e. The molecular formula is C45H42F4N6O10. The summed E-state index contributed by atoms with van der Waals surface area (Å²) in [5, 5.41) is 25.9. The van der Waals surface area contributed by atoms with E-state index in [0.29, 0.717) is 24.0 Å². The average Bonchev–Trinajstić information content (AvgIpc) is 3.94. The molecule has 9 atom stereocenters. The van der Waals surface area contributed by atoms with Gasteiger partial charge in [0, 0.05) is 66.2 Å². The van der Waals surface area contributed by atoms with E-state index in [9.17, 15) is 56.5 Å². The number of nitrogens with one attached hydrogen (secondary N) is 2. The molecule has 2 bridgehead atoms. The molecule has 5 fully saturated rings. The van der Waals surface area contributed by atoms with E-state index in [0.717, 1.165) is 37.8 Å². The van der Waals surface area contributed by atoms with E-state index in [1.54, 1.807) is 9.80 Å². The predicted octanol–water partition coefficient (Wildman–Crippen LogP) is 3.48. The van der Waals surface area contributed by atoms with Crippen molar-refractivity contribution in [1.82, 2.24) is 29.6 Å². The van der Waals surface area contributed by atoms with Crippen LogP contribution < -0.4 is 21.5 Å². The lowest BCUT2D eigenvalue weighted by atomic mass is 9.68. The molecule has 20 heteroatoms. The molecule has 0 radical (unpaired) electrons. The van der Waals surface area contributed by atoms with Crippen LogP contribution in [0.3, 0.4) is 0 Å². The quantitative estimate of drug-likeness (QED) is 0.208. The van der Waals surface area contributed by atoms with Crippen LogP contribution in [0.25, 0.3) is 0 Å². The zero-order chi connectivity index (χ0) is 46.0. The number of pyridine rings is 2. The highest BCUT2D eigenvalue weighted by molar-refractivity contribution is 6.00. The van der Waals surface area contributed by atoms with Gasteiger partial charge in [0.05, 0.1) is 25.3 Å². The van der Waals surface area contributed by atoms with Crippen LogP contribution in [-0.2, 0) is 35.7 Å². The Labute approximate surface area is 366 Å². The summed E-state index contributed by atoms with van der Waals surface area (Å²) < 4.78 is 68.8. The van der Waals surface area contributed by atoms with Crippen molar-refractivity contribution in [2.24, 2.45) is 17.3 Å². The fourth-order valence-electron chi connectivity index (χ4n) is 10.9. The minimum atomic E-state index is -0.990. The van der Waals surface area contributed by atoms with Crippen molar-refractivity contribution in [1.29, 1.82) is 0 Å². The van der Waals surface area contributed by atoms with E-state index in [2.05, 4.69) is 24.5 Å². The summed E-state index contributed by atoms with van der Waals surface area (Å²) in [5.41, 5.74) is -3.00. The normalized spacial score (nSPS) is 28.5. The van der Waals surface area contributed by atoms with E-state index in [1.165, 1.54) is 33.7 Å². The molecule has 3 unspecified atom stereocenters. The summed E-state index contributed by atoms with van der Waals surface area (Å²) >= 11 is 0. The van der Waals surface area contributed by atoms with Gasteiger partial charge in [0.1, 0.15) is 34.4 Å². The summed E-state index contributed by atoms with van der Waals surface area (Å²) in [5.74, 6) is -6.74. The van der Waals surface area contributed by atoms with Crippen molar-refractivity contribution in [2.75, 3.05) is 0 Å². The number of hydrogen-bond donors (Lipinski definition) is 4. The molecular weight excluding hydrogens is 861 g/mol. The van der Waals surface area contributed by atoms with Gasteiger partial charge in [-0.3, -0.25) is 28.8 Å². The maximum atomic E-state index is 13.8. The Morgan fingerprint density at radius 2 is 1.22 bits per heavy atom. The Balaban J connectivity index is 0.000000153. The topological polar surface area (TPSA) is 202 Å². The lowest BCUT2D eigenvalue weighted by Crippen LogP contribution is -2.63. The number of carbonyl (C=O) groups is 4. The molecule has 7 aliphatic rings. The molecule has 4 aliphatic heterocycles. The van der Waals surface area contributed by atoms with Gasteiger partial charge in [-0.25, -0.2) is 17.6 Å². The average molecular weight is 903 g/mol. The van der Waals surface area contributed by atoms with Crippen LogP contribution in [0.15, 0.2) is 58.4 Å². The molecule has 3 aliphatic carbocycles. The third kappa shape index (κ3) is 6.78. The van der Waals surface area contributed by atoms with Gasteiger partial charge in [0.2, 0.25) is 10.9 Å². The number of halogens is 4. The molecule has 11 rings (SSSR count). The zero-order valence-electron chi connectivity index (χ0n) is 34.9. The van der Waals surface area contributed by atoms with E-state index >= 15 is 0 Å². The van der Waals surface area contributed by atoms with Crippen molar-refractivity contribution >= 4 is 23.6 Å². The smallest absolute Gasteiger partial charge is 0.276 e. The highest BCUT2D eigenvalue weighted by Crippen LogP contribution is 2.69. The van der Waals surface area contributed by atoms with E-state index in [-0.39, 0.29) is 89.5 Å². The number of aromatic nitrogens is 2. The van der Waals surface area contributed by atoms with Gasteiger partial charge in [-0.1, -0.05) is 26.0 Å². The van der Waals surface area contributed by atoms with Crippen LogP contribution in [-0.4, -0.2) is 89.5 Å². The first kappa shape index (κ1) is 42.4. The van der Waals surface area contributed by atoms with Crippen LogP contribution in [0.2, 0.25) is 0 Å². The lowest BCUT2D eigenvalue weighted by Gasteiger charge is -2.54. The number of carbonyl (C=O) groups excluding carboxylic acids is 4. The molecule has 2 saturated heterocycles. The molecule has 65 heavy (non-hydrogen) atoms. The van der Waals surface area contributed by atoms with Crippen molar-refractivity contribution in [3.8, 4) is 11.5 Å². The monoisotopic (exact) mass is 902 g/mol. The van der Waals surface area contributed by atoms with Crippen molar-refractivity contribution in [3.05, 3.63) is 126 Å². The fraction of sp³-hybridized carbons (Fsp3) is 0.422. The first-order valence-electron chi connectivity index (χ1n) is 21.3. The highest BCUT2D eigenvalue weighted by Gasteiger charge is 2.74. The summed E-state index contributed by atoms with van der Waals surface area (Å²) in [4.78, 5) is 80.3. The third-order valence-corrected chi connectivity index (χ3v) is 14.1. The molecule has 6 heterocycles. The van der Waals surface area contributed by atoms with Gasteiger partial charge in [-0.2, -0.15) is 0 Å². The second-order valence-electron chi connectivity index (χ2n) is 18.1. The molecule has 16 nitrogen and oxygen atoms in total. The van der Waals surface area contributed by atoms with Gasteiger partial charge in [0.25, 0.3) is 23.6 Å². The standard InChI is InChI=1S/C23H21F2N3O5.C22H21F2N3O5/c1-10-5-23-6-15(23)28-16(33-20(10)23)9-27-8-13(18(29)19(30)17(27)22(28)32)21(31)26-7-11-2-3-12(24)4-14(11)25;1-10-4-13-6-16(10)32-17-9-26-8-14(19(28)20(29)18(26)22(31)27(13)17)21(30)25-7-11-2-3-12(23)5-15(11)24/h2-4,8,10,15-16,20,30H,5-7,9H2,1H3,(H,26,31);2-3,5,8,10,13,16-17,29H,4,6-7,9H2,1H3,(H,25,30)/t10?,15-,16-,20-,23?;10?,13-,16-,17+/m11/s1. The lowest BCUT2D eigenvalue weighted by molar-refractivity contribution is -0.220. The fourth-order valence-corrected chi connectivity index (χ4v) is 10.9. The van der Waals surface area contributed by atoms with E-state index < -0.39 is 81.7 Å². The Kier molecular flexibility index (Phi) is 9.98. The number of benzene rings is 2. The first-order valence-corrected chi connectivity index (χ1v) is 21.3. The largest absolute Gasteiger partial charge is 0.503 e. The predicted molar refractivity (Wildman–Crippen MR) is 216 cm³/mol. The number of hydrogen-bond acceptors (Lipinski definition) is 10. The minimum absolute atomic E-state index is 0.000879. The molecule has 2 aromatic carbocycles. The van der Waals surface area contributed by atoms with Crippen molar-refractivity contribution in [3.63, 3.8) is 0 Å².